The molecule has 2 N–H and O–H groups in total. The molecule has 4 heteroatoms. The van der Waals surface area contributed by atoms with E-state index >= 15 is 0 Å². The number of hydrogen-bond donors (Lipinski definition) is 1. The van der Waals surface area contributed by atoms with E-state index in [1.165, 1.54) is 6.26 Å². The quantitative estimate of drug-likeness (QED) is 0.825. The zero-order chi connectivity index (χ0) is 14.4. The summed E-state index contributed by atoms with van der Waals surface area (Å²) in [6.45, 7) is 9.59. The predicted molar refractivity (Wildman–Crippen MR) is 76.8 cm³/mol. The predicted octanol–water partition coefficient (Wildman–Crippen LogP) is 3.03. The zero-order valence-electron chi connectivity index (χ0n) is 12.5. The van der Waals surface area contributed by atoms with Gasteiger partial charge < -0.3 is 15.1 Å². The lowest BCUT2D eigenvalue weighted by molar-refractivity contribution is 0.0639. The van der Waals surface area contributed by atoms with Gasteiger partial charge in [0, 0.05) is 12.6 Å². The molecule has 0 aromatic carbocycles. The molecule has 0 bridgehead atoms. The van der Waals surface area contributed by atoms with Crippen LogP contribution < -0.4 is 5.73 Å². The van der Waals surface area contributed by atoms with E-state index in [1.807, 2.05) is 4.90 Å². The first kappa shape index (κ1) is 15.8. The second-order valence-electron chi connectivity index (χ2n) is 5.33. The summed E-state index contributed by atoms with van der Waals surface area (Å²) in [7, 11) is 0. The van der Waals surface area contributed by atoms with Gasteiger partial charge >= 0.3 is 0 Å². The van der Waals surface area contributed by atoms with Crippen molar-refractivity contribution < 1.29 is 9.21 Å². The largest absolute Gasteiger partial charge is 0.467 e. The van der Waals surface area contributed by atoms with Crippen LogP contribution in [0.2, 0.25) is 0 Å². The number of amides is 1. The van der Waals surface area contributed by atoms with Gasteiger partial charge in [0.25, 0.3) is 5.91 Å². The summed E-state index contributed by atoms with van der Waals surface area (Å²) in [4.78, 5) is 14.6. The Morgan fingerprint density at radius 1 is 1.37 bits per heavy atom. The lowest BCUT2D eigenvalue weighted by atomic mass is 10.1. The number of nitrogens with two attached hydrogens (primary N) is 1. The molecule has 0 spiro atoms. The molecule has 0 atom stereocenters. The maximum atomic E-state index is 12.6. The first-order chi connectivity index (χ1) is 9.03. The second kappa shape index (κ2) is 7.34. The highest BCUT2D eigenvalue weighted by Crippen LogP contribution is 2.17. The van der Waals surface area contributed by atoms with E-state index < -0.39 is 0 Å². The molecule has 1 aromatic rings. The van der Waals surface area contributed by atoms with Gasteiger partial charge in [0.15, 0.2) is 0 Å². The minimum Gasteiger partial charge on any atom is -0.467 e. The summed E-state index contributed by atoms with van der Waals surface area (Å²) < 4.78 is 5.26. The fourth-order valence-corrected chi connectivity index (χ4v) is 2.29. The Balaban J connectivity index is 2.92. The molecular formula is C15H26N2O2. The SMILES string of the molecule is CCC(CC)N(CC(C)C)C(=O)c1coc(CN)c1. The minimum absolute atomic E-state index is 0.0471. The van der Waals surface area contributed by atoms with Crippen LogP contribution in [0.25, 0.3) is 0 Å². The van der Waals surface area contributed by atoms with Gasteiger partial charge in [0.2, 0.25) is 0 Å². The van der Waals surface area contributed by atoms with Crippen molar-refractivity contribution in [2.24, 2.45) is 11.7 Å². The van der Waals surface area contributed by atoms with E-state index in [1.54, 1.807) is 6.07 Å². The van der Waals surface area contributed by atoms with Crippen molar-refractivity contribution in [1.29, 1.82) is 0 Å². The van der Waals surface area contributed by atoms with Gasteiger partial charge in [-0.05, 0) is 24.8 Å². The number of rotatable bonds is 7. The monoisotopic (exact) mass is 266 g/mol. The van der Waals surface area contributed by atoms with Crippen LogP contribution in [0.4, 0.5) is 0 Å². The molecule has 19 heavy (non-hydrogen) atoms. The molecule has 1 amide bonds. The number of hydrogen-bond acceptors (Lipinski definition) is 3. The number of carbonyl (C=O) groups is 1. The molecule has 0 saturated heterocycles. The lowest BCUT2D eigenvalue weighted by Crippen LogP contribution is -2.41. The molecular weight excluding hydrogens is 240 g/mol. The normalized spacial score (nSPS) is 11.3. The van der Waals surface area contributed by atoms with E-state index in [4.69, 9.17) is 10.2 Å². The van der Waals surface area contributed by atoms with Crippen LogP contribution in [0, 0.1) is 5.92 Å². The topological polar surface area (TPSA) is 59.5 Å². The molecule has 0 saturated carbocycles. The van der Waals surface area contributed by atoms with Gasteiger partial charge in [0.1, 0.15) is 12.0 Å². The molecule has 1 heterocycles. The van der Waals surface area contributed by atoms with Crippen LogP contribution in [0.3, 0.4) is 0 Å². The van der Waals surface area contributed by atoms with Crippen LogP contribution in [0.15, 0.2) is 16.7 Å². The third-order valence-corrected chi connectivity index (χ3v) is 3.31. The van der Waals surface area contributed by atoms with Crippen molar-refractivity contribution in [3.05, 3.63) is 23.7 Å². The summed E-state index contributed by atoms with van der Waals surface area (Å²) >= 11 is 0. The summed E-state index contributed by atoms with van der Waals surface area (Å²) in [5, 5.41) is 0. The van der Waals surface area contributed by atoms with Crippen LogP contribution in [0.1, 0.15) is 56.7 Å². The minimum atomic E-state index is 0.0471. The average Bonchev–Trinajstić information content (AvgIpc) is 2.86. The number of carbonyl (C=O) groups excluding carboxylic acids is 1. The number of nitrogens with zero attached hydrogens (tertiary/aromatic N) is 1. The molecule has 4 nitrogen and oxygen atoms in total. The fourth-order valence-electron chi connectivity index (χ4n) is 2.29. The molecule has 0 aliphatic carbocycles. The molecule has 0 aliphatic heterocycles. The lowest BCUT2D eigenvalue weighted by Gasteiger charge is -2.31. The smallest absolute Gasteiger partial charge is 0.257 e. The van der Waals surface area contributed by atoms with Crippen molar-refractivity contribution in [2.45, 2.75) is 53.1 Å². The highest BCUT2D eigenvalue weighted by molar-refractivity contribution is 5.94. The third kappa shape index (κ3) is 4.10. The third-order valence-electron chi connectivity index (χ3n) is 3.31. The van der Waals surface area contributed by atoms with Crippen LogP contribution >= 0.6 is 0 Å². The van der Waals surface area contributed by atoms with Crippen LogP contribution in [-0.2, 0) is 6.54 Å². The Bertz CT molecular complexity index is 395. The van der Waals surface area contributed by atoms with Crippen molar-refractivity contribution >= 4 is 5.91 Å². The second-order valence-corrected chi connectivity index (χ2v) is 5.33. The summed E-state index contributed by atoms with van der Waals surface area (Å²) in [6.07, 6.45) is 3.45. The maximum absolute atomic E-state index is 12.6. The molecule has 0 fully saturated rings. The molecule has 0 unspecified atom stereocenters. The standard InChI is InChI=1S/C15H26N2O2/c1-5-13(6-2)17(9-11(3)4)15(18)12-7-14(8-16)19-10-12/h7,10-11,13H,5-6,8-9,16H2,1-4H3. The van der Waals surface area contributed by atoms with Gasteiger partial charge in [0.05, 0.1) is 12.1 Å². The van der Waals surface area contributed by atoms with Crippen molar-refractivity contribution in [3.8, 4) is 0 Å². The molecule has 1 rings (SSSR count). The fraction of sp³-hybridized carbons (Fsp3) is 0.667. The summed E-state index contributed by atoms with van der Waals surface area (Å²) in [6, 6.07) is 2.03. The van der Waals surface area contributed by atoms with Crippen LogP contribution in [-0.4, -0.2) is 23.4 Å². The van der Waals surface area contributed by atoms with E-state index in [9.17, 15) is 4.79 Å². The van der Waals surface area contributed by atoms with Crippen molar-refractivity contribution in [2.75, 3.05) is 6.54 Å². The summed E-state index contributed by atoms with van der Waals surface area (Å²) in [5.41, 5.74) is 6.12. The first-order valence-corrected chi connectivity index (χ1v) is 7.11. The molecule has 1 aromatic heterocycles. The Morgan fingerprint density at radius 3 is 2.42 bits per heavy atom. The maximum Gasteiger partial charge on any atom is 0.257 e. The van der Waals surface area contributed by atoms with E-state index in [0.717, 1.165) is 19.4 Å². The highest BCUT2D eigenvalue weighted by Gasteiger charge is 2.24. The van der Waals surface area contributed by atoms with Crippen LogP contribution in [0.5, 0.6) is 0 Å². The Labute approximate surface area is 116 Å². The Morgan fingerprint density at radius 2 is 2.00 bits per heavy atom. The molecule has 0 aliphatic rings. The van der Waals surface area contributed by atoms with Crippen molar-refractivity contribution in [1.82, 2.24) is 4.90 Å². The first-order valence-electron chi connectivity index (χ1n) is 7.11. The number of furan rings is 1. The van der Waals surface area contributed by atoms with Gasteiger partial charge in [-0.25, -0.2) is 0 Å². The van der Waals surface area contributed by atoms with E-state index in [2.05, 4.69) is 27.7 Å². The Kier molecular flexibility index (Phi) is 6.09. The van der Waals surface area contributed by atoms with Gasteiger partial charge in [-0.15, -0.1) is 0 Å². The van der Waals surface area contributed by atoms with Gasteiger partial charge in [-0.1, -0.05) is 27.7 Å². The van der Waals surface area contributed by atoms with E-state index in [0.29, 0.717) is 23.8 Å². The Hall–Kier alpha value is -1.29. The van der Waals surface area contributed by atoms with Gasteiger partial charge in [-0.3, -0.25) is 4.79 Å². The van der Waals surface area contributed by atoms with E-state index in [-0.39, 0.29) is 11.9 Å². The molecule has 0 radical (unpaired) electrons. The highest BCUT2D eigenvalue weighted by atomic mass is 16.3. The summed E-state index contributed by atoms with van der Waals surface area (Å²) in [5.74, 6) is 1.15. The average molecular weight is 266 g/mol. The van der Waals surface area contributed by atoms with Gasteiger partial charge in [-0.2, -0.15) is 0 Å². The van der Waals surface area contributed by atoms with Crippen molar-refractivity contribution in [3.63, 3.8) is 0 Å². The molecule has 108 valence electrons. The zero-order valence-corrected chi connectivity index (χ0v) is 12.5.